The molecule has 3 aromatic rings. The van der Waals surface area contributed by atoms with Gasteiger partial charge in [-0.2, -0.15) is 0 Å². The third-order valence-corrected chi connectivity index (χ3v) is 7.60. The summed E-state index contributed by atoms with van der Waals surface area (Å²) in [5, 5.41) is 0. The van der Waals surface area contributed by atoms with Gasteiger partial charge in [0, 0.05) is 7.05 Å². The molecule has 0 aromatic heterocycles. The molecule has 0 radical (unpaired) electrons. The first-order valence-electron chi connectivity index (χ1n) is 8.30. The maximum atomic E-state index is 8.49. The van der Waals surface area contributed by atoms with Crippen LogP contribution in [0.5, 0.6) is 0 Å². The predicted molar refractivity (Wildman–Crippen MR) is 98.8 cm³/mol. The van der Waals surface area contributed by atoms with E-state index in [1.807, 2.05) is 11.8 Å². The minimum Gasteiger partial charge on any atom is -0.222 e. The van der Waals surface area contributed by atoms with Gasteiger partial charge >= 0.3 is 0 Å². The number of rotatable bonds is 3. The molecule has 0 unspecified atom stereocenters. The van der Waals surface area contributed by atoms with Gasteiger partial charge in [-0.1, -0.05) is 66.4 Å². The number of fused-ring (bicyclic) bond motifs is 2. The van der Waals surface area contributed by atoms with Gasteiger partial charge in [0.1, 0.15) is 0 Å². The van der Waals surface area contributed by atoms with Crippen LogP contribution in [0.1, 0.15) is 5.56 Å². The van der Waals surface area contributed by atoms with E-state index in [1.165, 1.54) is 25.1 Å². The zero-order valence-corrected chi connectivity index (χ0v) is 17.4. The van der Waals surface area contributed by atoms with Gasteiger partial charge in [-0.25, -0.2) is 18.6 Å². The molecular formula is C20H18ClNO4S2. The lowest BCUT2D eigenvalue weighted by Gasteiger charge is -2.24. The monoisotopic (exact) mass is 435 g/mol. The summed E-state index contributed by atoms with van der Waals surface area (Å²) in [5.41, 5.74) is 1.36. The van der Waals surface area contributed by atoms with Crippen molar-refractivity contribution in [3.8, 4) is 0 Å². The van der Waals surface area contributed by atoms with Crippen molar-refractivity contribution < 1.29 is 28.9 Å². The van der Waals surface area contributed by atoms with Gasteiger partial charge in [-0.15, -0.1) is 14.5 Å². The molecule has 28 heavy (non-hydrogen) atoms. The summed E-state index contributed by atoms with van der Waals surface area (Å²) in [6, 6.07) is 28.4. The Morgan fingerprint density at radius 2 is 1.18 bits per heavy atom. The van der Waals surface area contributed by atoms with E-state index < -0.39 is 10.2 Å². The number of nitrogens with zero attached hydrogens (tertiary/aromatic N) is 1. The van der Waals surface area contributed by atoms with Crippen molar-refractivity contribution in [3.05, 3.63) is 84.4 Å². The second kappa shape index (κ2) is 9.30. The molecule has 0 atom stereocenters. The maximum Gasteiger partial charge on any atom is 0.196 e. The van der Waals surface area contributed by atoms with E-state index >= 15 is 0 Å². The highest BCUT2D eigenvalue weighted by molar-refractivity contribution is 8.03. The standard InChI is InChI=1S/C20H18NS2.ClHO4/c1-21(15-16-9-3-2-4-10-16)23-19-13-7-5-11-17(19)22-18-12-6-8-14-20(18)23;2-1(3,4)5/h2-14H,15H2,1H3;(H,2,3,4,5)/q+1;/p-1. The van der Waals surface area contributed by atoms with Crippen LogP contribution in [0.2, 0.25) is 0 Å². The predicted octanol–water partition coefficient (Wildman–Crippen LogP) is 0.478. The smallest absolute Gasteiger partial charge is 0.196 e. The van der Waals surface area contributed by atoms with Gasteiger partial charge < -0.3 is 0 Å². The fourth-order valence-electron chi connectivity index (χ4n) is 2.87. The molecule has 0 aliphatic carbocycles. The fraction of sp³-hybridized carbons (Fsp3) is 0.100. The van der Waals surface area contributed by atoms with Crippen molar-refractivity contribution in [1.82, 2.24) is 4.31 Å². The highest BCUT2D eigenvalue weighted by Gasteiger charge is 2.39. The first-order valence-corrected chi connectivity index (χ1v) is 11.5. The molecule has 0 amide bonds. The Kier molecular flexibility index (Phi) is 7.03. The van der Waals surface area contributed by atoms with Crippen molar-refractivity contribution >= 4 is 22.8 Å². The van der Waals surface area contributed by atoms with Gasteiger partial charge in [0.05, 0.1) is 16.3 Å². The van der Waals surface area contributed by atoms with Crippen LogP contribution in [0.15, 0.2) is 98.4 Å². The number of hydrogen-bond acceptors (Lipinski definition) is 6. The lowest BCUT2D eigenvalue weighted by atomic mass is 10.2. The normalized spacial score (nSPS) is 13.4. The van der Waals surface area contributed by atoms with Crippen LogP contribution in [-0.2, 0) is 17.6 Å². The lowest BCUT2D eigenvalue weighted by molar-refractivity contribution is -2.00. The molecule has 146 valence electrons. The van der Waals surface area contributed by atoms with Crippen LogP contribution in [0, 0.1) is 10.2 Å². The molecule has 0 spiro atoms. The van der Waals surface area contributed by atoms with Gasteiger partial charge in [0.15, 0.2) is 20.9 Å². The topological polar surface area (TPSA) is 95.5 Å². The van der Waals surface area contributed by atoms with E-state index in [9.17, 15) is 0 Å². The molecule has 3 aromatic carbocycles. The zero-order chi connectivity index (χ0) is 20.1. The van der Waals surface area contributed by atoms with Crippen LogP contribution in [0.25, 0.3) is 0 Å². The lowest BCUT2D eigenvalue weighted by Crippen LogP contribution is -2.68. The fourth-order valence-corrected chi connectivity index (χ4v) is 6.58. The van der Waals surface area contributed by atoms with E-state index in [-0.39, 0.29) is 11.1 Å². The first kappa shape index (κ1) is 21.2. The van der Waals surface area contributed by atoms with Crippen LogP contribution in [0.4, 0.5) is 0 Å². The largest absolute Gasteiger partial charge is 0.222 e. The summed E-state index contributed by atoms with van der Waals surface area (Å²) in [5.74, 6) is 0. The quantitative estimate of drug-likeness (QED) is 0.555. The van der Waals surface area contributed by atoms with Gasteiger partial charge in [0.2, 0.25) is 0 Å². The minimum absolute atomic E-state index is 0.0273. The molecule has 0 saturated carbocycles. The number of benzene rings is 3. The van der Waals surface area contributed by atoms with Crippen LogP contribution < -0.4 is 18.6 Å². The van der Waals surface area contributed by atoms with Gasteiger partial charge in [-0.05, 0) is 29.8 Å². The van der Waals surface area contributed by atoms with Gasteiger partial charge in [-0.3, -0.25) is 0 Å². The molecule has 4 rings (SSSR count). The first-order chi connectivity index (χ1) is 13.3. The summed E-state index contributed by atoms with van der Waals surface area (Å²) in [6.45, 7) is 0.956. The summed E-state index contributed by atoms with van der Waals surface area (Å²) in [4.78, 5) is 5.65. The molecule has 0 fully saturated rings. The van der Waals surface area contributed by atoms with Crippen molar-refractivity contribution in [1.29, 1.82) is 0 Å². The van der Waals surface area contributed by atoms with E-state index in [4.69, 9.17) is 18.6 Å². The van der Waals surface area contributed by atoms with Crippen LogP contribution in [0.3, 0.4) is 0 Å². The van der Waals surface area contributed by atoms with E-state index in [0.717, 1.165) is 6.54 Å². The molecule has 1 heterocycles. The number of halogens is 1. The van der Waals surface area contributed by atoms with Crippen molar-refractivity contribution in [2.75, 3.05) is 7.05 Å². The second-order valence-corrected chi connectivity index (χ2v) is 9.84. The summed E-state index contributed by atoms with van der Waals surface area (Å²) < 4.78 is 36.5. The highest BCUT2D eigenvalue weighted by atomic mass is 35.7. The Hall–Kier alpha value is -1.55. The minimum atomic E-state index is -4.94. The number of hydrogen-bond donors (Lipinski definition) is 0. The van der Waals surface area contributed by atoms with Gasteiger partial charge in [0.25, 0.3) is 0 Å². The van der Waals surface area contributed by atoms with E-state index in [1.54, 1.807) is 0 Å². The molecular weight excluding hydrogens is 418 g/mol. The SMILES string of the molecule is CN(Cc1ccccc1)[S+]1c2ccccc2Sc2ccccc21.[O-][Cl+3]([O-])([O-])[O-]. The Morgan fingerprint density at radius 1 is 0.750 bits per heavy atom. The Bertz CT molecular complexity index is 870. The average molecular weight is 436 g/mol. The molecule has 0 saturated heterocycles. The van der Waals surface area contributed by atoms with Crippen LogP contribution >= 0.6 is 11.8 Å². The third kappa shape index (κ3) is 5.73. The van der Waals surface area contributed by atoms with E-state index in [0.29, 0.717) is 0 Å². The summed E-state index contributed by atoms with van der Waals surface area (Å²) >= 11 is 1.86. The Morgan fingerprint density at radius 3 is 1.68 bits per heavy atom. The molecule has 8 heteroatoms. The zero-order valence-electron chi connectivity index (χ0n) is 15.0. The van der Waals surface area contributed by atoms with E-state index in [2.05, 4.69) is 90.2 Å². The highest BCUT2D eigenvalue weighted by Crippen LogP contribution is 2.46. The molecule has 1 aliphatic heterocycles. The third-order valence-electron chi connectivity index (χ3n) is 3.89. The van der Waals surface area contributed by atoms with Crippen molar-refractivity contribution in [3.63, 3.8) is 0 Å². The van der Waals surface area contributed by atoms with Crippen molar-refractivity contribution in [2.45, 2.75) is 26.1 Å². The molecule has 0 N–H and O–H groups in total. The molecule has 1 aliphatic rings. The summed E-state index contributed by atoms with van der Waals surface area (Å²) in [6.07, 6.45) is 0. The Balaban J connectivity index is 0.000000403. The second-order valence-electron chi connectivity index (χ2n) is 5.93. The average Bonchev–Trinajstić information content (AvgIpc) is 2.65. The maximum absolute atomic E-state index is 8.49. The molecule has 0 bridgehead atoms. The van der Waals surface area contributed by atoms with Crippen molar-refractivity contribution in [2.24, 2.45) is 0 Å². The molecule has 5 nitrogen and oxygen atoms in total. The Labute approximate surface area is 173 Å². The van der Waals surface area contributed by atoms with Crippen LogP contribution in [-0.4, -0.2) is 11.4 Å². The summed E-state index contributed by atoms with van der Waals surface area (Å²) in [7, 11) is -2.71.